The molecule has 114 valence electrons. The van der Waals surface area contributed by atoms with Crippen molar-refractivity contribution >= 4 is 22.6 Å². The van der Waals surface area contributed by atoms with Gasteiger partial charge in [0.2, 0.25) is 0 Å². The van der Waals surface area contributed by atoms with E-state index in [1.807, 2.05) is 19.1 Å². The molecule has 0 unspecified atom stereocenters. The van der Waals surface area contributed by atoms with Gasteiger partial charge in [0, 0.05) is 6.54 Å². The standard InChI is InChI=1S/C17H23ClN2O/c1-2-21-15-9-5-8-14-17(15)19-16(12-18)20(14)11-10-13-6-3-4-7-13/h5,8-9,13H,2-4,6-7,10-12H2,1H3. The van der Waals surface area contributed by atoms with Crippen LogP contribution in [0.2, 0.25) is 0 Å². The molecule has 1 heterocycles. The lowest BCUT2D eigenvalue weighted by Crippen LogP contribution is -2.06. The molecule has 0 spiro atoms. The molecule has 1 aromatic heterocycles. The molecule has 1 aromatic carbocycles. The van der Waals surface area contributed by atoms with Crippen molar-refractivity contribution in [3.63, 3.8) is 0 Å². The third-order valence-corrected chi connectivity index (χ3v) is 4.72. The molecule has 2 aromatic rings. The van der Waals surface area contributed by atoms with E-state index in [0.29, 0.717) is 12.5 Å². The molecule has 1 aliphatic carbocycles. The van der Waals surface area contributed by atoms with Crippen LogP contribution in [0.5, 0.6) is 5.75 Å². The summed E-state index contributed by atoms with van der Waals surface area (Å²) in [6.45, 7) is 3.67. The fourth-order valence-electron chi connectivity index (χ4n) is 3.40. The fraction of sp³-hybridized carbons (Fsp3) is 0.588. The zero-order valence-corrected chi connectivity index (χ0v) is 13.4. The van der Waals surface area contributed by atoms with Gasteiger partial charge in [-0.15, -0.1) is 11.6 Å². The number of imidazole rings is 1. The van der Waals surface area contributed by atoms with E-state index in [-0.39, 0.29) is 0 Å². The molecular formula is C17H23ClN2O. The van der Waals surface area contributed by atoms with Crippen molar-refractivity contribution in [2.24, 2.45) is 5.92 Å². The number of para-hydroxylation sites is 1. The molecule has 0 radical (unpaired) electrons. The Morgan fingerprint density at radius 3 is 2.86 bits per heavy atom. The second-order valence-electron chi connectivity index (χ2n) is 5.81. The van der Waals surface area contributed by atoms with E-state index in [2.05, 4.69) is 10.6 Å². The minimum absolute atomic E-state index is 0.449. The van der Waals surface area contributed by atoms with Gasteiger partial charge in [0.05, 0.1) is 18.0 Å². The number of fused-ring (bicyclic) bond motifs is 1. The highest BCUT2D eigenvalue weighted by Crippen LogP contribution is 2.31. The number of ether oxygens (including phenoxy) is 1. The van der Waals surface area contributed by atoms with Crippen LogP contribution in [-0.2, 0) is 12.4 Å². The number of aryl methyl sites for hydroxylation is 1. The molecule has 0 N–H and O–H groups in total. The number of aromatic nitrogens is 2. The van der Waals surface area contributed by atoms with Crippen LogP contribution in [0.15, 0.2) is 18.2 Å². The first-order valence-electron chi connectivity index (χ1n) is 8.00. The number of hydrogen-bond acceptors (Lipinski definition) is 2. The van der Waals surface area contributed by atoms with Gasteiger partial charge in [0.25, 0.3) is 0 Å². The molecule has 3 nitrogen and oxygen atoms in total. The van der Waals surface area contributed by atoms with Gasteiger partial charge in [-0.2, -0.15) is 0 Å². The van der Waals surface area contributed by atoms with Gasteiger partial charge < -0.3 is 9.30 Å². The zero-order valence-electron chi connectivity index (χ0n) is 12.6. The van der Waals surface area contributed by atoms with Crippen molar-refractivity contribution in [1.82, 2.24) is 9.55 Å². The molecule has 0 aliphatic heterocycles. The maximum absolute atomic E-state index is 6.10. The zero-order chi connectivity index (χ0) is 14.7. The van der Waals surface area contributed by atoms with Crippen molar-refractivity contribution in [3.8, 4) is 5.75 Å². The second-order valence-corrected chi connectivity index (χ2v) is 6.08. The van der Waals surface area contributed by atoms with Crippen molar-refractivity contribution in [1.29, 1.82) is 0 Å². The van der Waals surface area contributed by atoms with Crippen LogP contribution in [0.3, 0.4) is 0 Å². The van der Waals surface area contributed by atoms with Gasteiger partial charge in [-0.3, -0.25) is 0 Å². The second kappa shape index (κ2) is 6.69. The van der Waals surface area contributed by atoms with Crippen molar-refractivity contribution < 1.29 is 4.74 Å². The predicted molar refractivity (Wildman–Crippen MR) is 87.0 cm³/mol. The smallest absolute Gasteiger partial charge is 0.147 e. The molecule has 4 heteroatoms. The number of benzene rings is 1. The Balaban J connectivity index is 1.90. The Morgan fingerprint density at radius 1 is 1.33 bits per heavy atom. The summed E-state index contributed by atoms with van der Waals surface area (Å²) >= 11 is 6.10. The Morgan fingerprint density at radius 2 is 2.14 bits per heavy atom. The molecule has 1 fully saturated rings. The van der Waals surface area contributed by atoms with Crippen molar-refractivity contribution in [3.05, 3.63) is 24.0 Å². The maximum atomic E-state index is 6.10. The molecule has 21 heavy (non-hydrogen) atoms. The normalized spacial score (nSPS) is 15.9. The summed E-state index contributed by atoms with van der Waals surface area (Å²) in [5.74, 6) is 3.14. The van der Waals surface area contributed by atoms with Crippen LogP contribution in [-0.4, -0.2) is 16.2 Å². The van der Waals surface area contributed by atoms with Crippen molar-refractivity contribution in [2.45, 2.75) is 51.5 Å². The highest BCUT2D eigenvalue weighted by atomic mass is 35.5. The largest absolute Gasteiger partial charge is 0.492 e. The summed E-state index contributed by atoms with van der Waals surface area (Å²) in [5.41, 5.74) is 2.09. The highest BCUT2D eigenvalue weighted by molar-refractivity contribution is 6.16. The number of rotatable bonds is 6. The molecule has 0 amide bonds. The maximum Gasteiger partial charge on any atom is 0.147 e. The summed E-state index contributed by atoms with van der Waals surface area (Å²) < 4.78 is 7.97. The number of halogens is 1. The first kappa shape index (κ1) is 14.7. The lowest BCUT2D eigenvalue weighted by atomic mass is 10.0. The number of nitrogens with zero attached hydrogens (tertiary/aromatic N) is 2. The van der Waals surface area contributed by atoms with E-state index in [4.69, 9.17) is 21.3 Å². The Hall–Kier alpha value is -1.22. The van der Waals surface area contributed by atoms with Crippen LogP contribution < -0.4 is 4.74 Å². The SMILES string of the molecule is CCOc1cccc2c1nc(CCl)n2CCC1CCCC1. The Bertz CT molecular complexity index is 602. The fourth-order valence-corrected chi connectivity index (χ4v) is 3.61. The summed E-state index contributed by atoms with van der Waals surface area (Å²) in [6.07, 6.45) is 6.78. The van der Waals surface area contributed by atoms with Gasteiger partial charge in [-0.25, -0.2) is 4.98 Å². The minimum atomic E-state index is 0.449. The predicted octanol–water partition coefficient (Wildman–Crippen LogP) is 4.75. The lowest BCUT2D eigenvalue weighted by molar-refractivity contribution is 0.343. The van der Waals surface area contributed by atoms with Crippen LogP contribution in [0.4, 0.5) is 0 Å². The van der Waals surface area contributed by atoms with E-state index >= 15 is 0 Å². The van der Waals surface area contributed by atoms with E-state index < -0.39 is 0 Å². The average Bonchev–Trinajstić information content (AvgIpc) is 3.13. The van der Waals surface area contributed by atoms with Crippen molar-refractivity contribution in [2.75, 3.05) is 6.61 Å². The van der Waals surface area contributed by atoms with Crippen LogP contribution in [0.25, 0.3) is 11.0 Å². The Kier molecular flexibility index (Phi) is 4.69. The van der Waals surface area contributed by atoms with E-state index in [1.54, 1.807) is 0 Å². The summed E-state index contributed by atoms with van der Waals surface area (Å²) in [6, 6.07) is 6.15. The lowest BCUT2D eigenvalue weighted by Gasteiger charge is -2.12. The van der Waals surface area contributed by atoms with E-state index in [0.717, 1.165) is 35.1 Å². The molecule has 1 saturated carbocycles. The monoisotopic (exact) mass is 306 g/mol. The van der Waals surface area contributed by atoms with Gasteiger partial charge >= 0.3 is 0 Å². The van der Waals surface area contributed by atoms with Crippen LogP contribution >= 0.6 is 11.6 Å². The quantitative estimate of drug-likeness (QED) is 0.720. The third kappa shape index (κ3) is 3.03. The number of hydrogen-bond donors (Lipinski definition) is 0. The number of alkyl halides is 1. The summed E-state index contributed by atoms with van der Waals surface area (Å²) in [4.78, 5) is 4.70. The van der Waals surface area contributed by atoms with Gasteiger partial charge in [0.15, 0.2) is 0 Å². The van der Waals surface area contributed by atoms with Crippen LogP contribution in [0, 0.1) is 5.92 Å². The Labute approximate surface area is 131 Å². The van der Waals surface area contributed by atoms with Gasteiger partial charge in [0.1, 0.15) is 17.1 Å². The molecule has 1 aliphatic rings. The first-order chi connectivity index (χ1) is 10.3. The molecule has 0 bridgehead atoms. The summed E-state index contributed by atoms with van der Waals surface area (Å²) in [5, 5.41) is 0. The third-order valence-electron chi connectivity index (χ3n) is 4.48. The first-order valence-corrected chi connectivity index (χ1v) is 8.53. The molecular weight excluding hydrogens is 284 g/mol. The average molecular weight is 307 g/mol. The van der Waals surface area contributed by atoms with E-state index in [9.17, 15) is 0 Å². The molecule has 0 atom stereocenters. The molecule has 0 saturated heterocycles. The molecule has 3 rings (SSSR count). The summed E-state index contributed by atoms with van der Waals surface area (Å²) in [7, 11) is 0. The topological polar surface area (TPSA) is 27.1 Å². The minimum Gasteiger partial charge on any atom is -0.492 e. The van der Waals surface area contributed by atoms with Gasteiger partial charge in [-0.1, -0.05) is 31.7 Å². The van der Waals surface area contributed by atoms with Gasteiger partial charge in [-0.05, 0) is 31.4 Å². The highest BCUT2D eigenvalue weighted by Gasteiger charge is 2.18. The van der Waals surface area contributed by atoms with Crippen LogP contribution in [0.1, 0.15) is 44.9 Å². The van der Waals surface area contributed by atoms with E-state index in [1.165, 1.54) is 32.1 Å².